The Kier molecular flexibility index (Phi) is 8.13. The second-order valence-corrected chi connectivity index (χ2v) is 6.83. The number of ether oxygens (including phenoxy) is 1. The fourth-order valence-corrected chi connectivity index (χ4v) is 2.40. The summed E-state index contributed by atoms with van der Waals surface area (Å²) in [6.07, 6.45) is 5.07. The van der Waals surface area contributed by atoms with Crippen LogP contribution in [0.1, 0.15) is 45.6 Å². The summed E-state index contributed by atoms with van der Waals surface area (Å²) in [6, 6.07) is 10.8. The van der Waals surface area contributed by atoms with Crippen molar-refractivity contribution < 1.29 is 9.53 Å². The van der Waals surface area contributed by atoms with Crippen LogP contribution in [-0.2, 0) is 16.0 Å². The van der Waals surface area contributed by atoms with Gasteiger partial charge in [-0.15, -0.1) is 0 Å². The molecular formula is C18H30N2O2. The van der Waals surface area contributed by atoms with Crippen molar-refractivity contribution in [2.75, 3.05) is 13.1 Å². The highest BCUT2D eigenvalue weighted by Gasteiger charge is 2.16. The molecule has 1 saturated heterocycles. The van der Waals surface area contributed by atoms with Crippen LogP contribution in [0.2, 0.25) is 0 Å². The fraction of sp³-hybridized carbons (Fsp3) is 0.611. The Labute approximate surface area is 134 Å². The van der Waals surface area contributed by atoms with E-state index < -0.39 is 0 Å². The molecule has 4 heteroatoms. The van der Waals surface area contributed by atoms with Gasteiger partial charge in [0.15, 0.2) is 0 Å². The van der Waals surface area contributed by atoms with Crippen molar-refractivity contribution in [1.82, 2.24) is 5.01 Å². The van der Waals surface area contributed by atoms with Gasteiger partial charge >= 0.3 is 0 Å². The van der Waals surface area contributed by atoms with E-state index in [1.54, 1.807) is 0 Å². The van der Waals surface area contributed by atoms with E-state index in [4.69, 9.17) is 5.84 Å². The molecule has 124 valence electrons. The lowest BCUT2D eigenvalue weighted by atomic mass is 9.91. The molecule has 0 unspecified atom stereocenters. The SMILES string of the molecule is CC(C)(C)OC=O.NN1CCC(CCc2ccccc2)CC1. The van der Waals surface area contributed by atoms with Gasteiger partial charge in [0.1, 0.15) is 5.60 Å². The maximum absolute atomic E-state index is 9.60. The molecule has 0 bridgehead atoms. The Morgan fingerprint density at radius 2 is 1.82 bits per heavy atom. The summed E-state index contributed by atoms with van der Waals surface area (Å²) in [5, 5.41) is 1.94. The summed E-state index contributed by atoms with van der Waals surface area (Å²) < 4.78 is 4.55. The lowest BCUT2D eigenvalue weighted by Crippen LogP contribution is -2.38. The third-order valence-electron chi connectivity index (χ3n) is 3.73. The highest BCUT2D eigenvalue weighted by molar-refractivity contribution is 5.37. The van der Waals surface area contributed by atoms with Gasteiger partial charge in [0.05, 0.1) is 0 Å². The number of benzene rings is 1. The minimum absolute atomic E-state index is 0.318. The molecule has 0 saturated carbocycles. The molecule has 1 aliphatic rings. The fourth-order valence-electron chi connectivity index (χ4n) is 2.40. The van der Waals surface area contributed by atoms with Gasteiger partial charge < -0.3 is 4.74 Å². The van der Waals surface area contributed by atoms with Gasteiger partial charge in [-0.2, -0.15) is 0 Å². The molecule has 1 aliphatic heterocycles. The highest BCUT2D eigenvalue weighted by atomic mass is 16.5. The molecule has 1 fully saturated rings. The Bertz CT molecular complexity index is 407. The van der Waals surface area contributed by atoms with E-state index in [-0.39, 0.29) is 5.60 Å². The van der Waals surface area contributed by atoms with E-state index in [1.165, 1.54) is 31.2 Å². The minimum atomic E-state index is -0.318. The summed E-state index contributed by atoms with van der Waals surface area (Å²) in [5.74, 6) is 6.62. The standard InChI is InChI=1S/C13H20N2.C5H10O2/c14-15-10-8-13(9-11-15)7-6-12-4-2-1-3-5-12;1-5(2,3)7-4-6/h1-5,13H,6-11,14H2;4H,1-3H3. The number of piperidine rings is 1. The Balaban J connectivity index is 0.000000295. The number of nitrogens with two attached hydrogens (primary N) is 1. The second kappa shape index (κ2) is 9.59. The van der Waals surface area contributed by atoms with Crippen LogP contribution in [0.15, 0.2) is 30.3 Å². The van der Waals surface area contributed by atoms with Gasteiger partial charge in [-0.3, -0.25) is 10.6 Å². The molecule has 1 aromatic rings. The highest BCUT2D eigenvalue weighted by Crippen LogP contribution is 2.20. The predicted molar refractivity (Wildman–Crippen MR) is 90.1 cm³/mol. The monoisotopic (exact) mass is 306 g/mol. The number of carbonyl (C=O) groups excluding carboxylic acids is 1. The van der Waals surface area contributed by atoms with E-state index >= 15 is 0 Å². The summed E-state index contributed by atoms with van der Waals surface area (Å²) in [6.45, 7) is 8.06. The molecule has 2 rings (SSSR count). The zero-order chi connectivity index (χ0) is 16.4. The molecule has 0 spiro atoms. The topological polar surface area (TPSA) is 55.6 Å². The molecule has 0 aliphatic carbocycles. The molecule has 1 aromatic carbocycles. The average Bonchev–Trinajstić information content (AvgIpc) is 2.47. The van der Waals surface area contributed by atoms with Crippen LogP contribution in [0.3, 0.4) is 0 Å². The first-order valence-corrected chi connectivity index (χ1v) is 8.06. The third-order valence-corrected chi connectivity index (χ3v) is 3.73. The van der Waals surface area contributed by atoms with Crippen LogP contribution in [-0.4, -0.2) is 30.2 Å². The zero-order valence-corrected chi connectivity index (χ0v) is 14.1. The quantitative estimate of drug-likeness (QED) is 0.686. The second-order valence-electron chi connectivity index (χ2n) is 6.83. The number of rotatable bonds is 4. The van der Waals surface area contributed by atoms with Gasteiger partial charge in [0.2, 0.25) is 0 Å². The molecular weight excluding hydrogens is 276 g/mol. The van der Waals surface area contributed by atoms with Crippen molar-refractivity contribution in [3.05, 3.63) is 35.9 Å². The lowest BCUT2D eigenvalue weighted by Gasteiger charge is -2.28. The first-order valence-electron chi connectivity index (χ1n) is 8.06. The van der Waals surface area contributed by atoms with Crippen molar-refractivity contribution in [2.24, 2.45) is 11.8 Å². The van der Waals surface area contributed by atoms with E-state index in [1.807, 2.05) is 25.8 Å². The van der Waals surface area contributed by atoms with Gasteiger partial charge in [-0.1, -0.05) is 30.3 Å². The number of nitrogens with zero attached hydrogens (tertiary/aromatic N) is 1. The molecule has 0 radical (unpaired) electrons. The molecule has 2 N–H and O–H groups in total. The molecule has 0 atom stereocenters. The molecule has 0 aromatic heterocycles. The van der Waals surface area contributed by atoms with Gasteiger partial charge in [-0.05, 0) is 57.9 Å². The minimum Gasteiger partial charge on any atom is -0.462 e. The van der Waals surface area contributed by atoms with Crippen LogP contribution in [0.25, 0.3) is 0 Å². The maximum Gasteiger partial charge on any atom is 0.293 e. The summed E-state index contributed by atoms with van der Waals surface area (Å²) in [7, 11) is 0. The lowest BCUT2D eigenvalue weighted by molar-refractivity contribution is -0.138. The van der Waals surface area contributed by atoms with E-state index in [0.29, 0.717) is 6.47 Å². The largest absolute Gasteiger partial charge is 0.462 e. The van der Waals surface area contributed by atoms with Crippen LogP contribution >= 0.6 is 0 Å². The van der Waals surface area contributed by atoms with Crippen LogP contribution in [0.4, 0.5) is 0 Å². The molecule has 1 heterocycles. The number of aryl methyl sites for hydroxylation is 1. The van der Waals surface area contributed by atoms with Gasteiger partial charge in [0.25, 0.3) is 6.47 Å². The zero-order valence-electron chi connectivity index (χ0n) is 14.1. The van der Waals surface area contributed by atoms with Gasteiger partial charge in [0, 0.05) is 13.1 Å². The third kappa shape index (κ3) is 8.80. The number of hydrogen-bond acceptors (Lipinski definition) is 4. The summed E-state index contributed by atoms with van der Waals surface area (Å²) in [5.41, 5.74) is 1.15. The molecule has 22 heavy (non-hydrogen) atoms. The van der Waals surface area contributed by atoms with Crippen LogP contribution < -0.4 is 5.84 Å². The van der Waals surface area contributed by atoms with Crippen molar-refractivity contribution in [3.63, 3.8) is 0 Å². The van der Waals surface area contributed by atoms with E-state index in [2.05, 4.69) is 35.1 Å². The van der Waals surface area contributed by atoms with E-state index in [9.17, 15) is 4.79 Å². The Hall–Kier alpha value is -1.39. The van der Waals surface area contributed by atoms with Crippen LogP contribution in [0.5, 0.6) is 0 Å². The van der Waals surface area contributed by atoms with Crippen molar-refractivity contribution in [1.29, 1.82) is 0 Å². The maximum atomic E-state index is 9.60. The van der Waals surface area contributed by atoms with E-state index in [0.717, 1.165) is 19.0 Å². The Morgan fingerprint density at radius 1 is 1.23 bits per heavy atom. The molecule has 4 nitrogen and oxygen atoms in total. The van der Waals surface area contributed by atoms with Crippen molar-refractivity contribution in [3.8, 4) is 0 Å². The first-order chi connectivity index (χ1) is 10.4. The first kappa shape index (κ1) is 18.7. The summed E-state index contributed by atoms with van der Waals surface area (Å²) >= 11 is 0. The van der Waals surface area contributed by atoms with Crippen molar-refractivity contribution >= 4 is 6.47 Å². The van der Waals surface area contributed by atoms with Crippen LogP contribution in [0, 0.1) is 5.92 Å². The number of carbonyl (C=O) groups is 1. The number of hydrazine groups is 1. The molecule has 0 amide bonds. The number of hydrogen-bond donors (Lipinski definition) is 1. The predicted octanol–water partition coefficient (Wildman–Crippen LogP) is 3.16. The summed E-state index contributed by atoms with van der Waals surface area (Å²) in [4.78, 5) is 9.60. The normalized spacial score (nSPS) is 16.5. The van der Waals surface area contributed by atoms with Gasteiger partial charge in [-0.25, -0.2) is 5.01 Å². The average molecular weight is 306 g/mol. The van der Waals surface area contributed by atoms with Crippen molar-refractivity contribution in [2.45, 2.75) is 52.1 Å². The smallest absolute Gasteiger partial charge is 0.293 e. The Morgan fingerprint density at radius 3 is 2.27 bits per heavy atom.